The van der Waals surface area contributed by atoms with Crippen LogP contribution in [0.1, 0.15) is 0 Å². The van der Waals surface area contributed by atoms with Crippen molar-refractivity contribution in [1.29, 1.82) is 0 Å². The normalized spacial score (nSPS) is 17.9. The van der Waals surface area contributed by atoms with Gasteiger partial charge in [0, 0.05) is 6.07 Å². The van der Waals surface area contributed by atoms with Crippen molar-refractivity contribution in [3.05, 3.63) is 47.2 Å². The molecule has 1 fully saturated rings. The van der Waals surface area contributed by atoms with Crippen molar-refractivity contribution < 1.29 is 19.0 Å². The Bertz CT molecular complexity index is 782. The first-order valence-corrected chi connectivity index (χ1v) is 7.96. The van der Waals surface area contributed by atoms with Gasteiger partial charge in [0.05, 0.1) is 42.8 Å². The van der Waals surface area contributed by atoms with Gasteiger partial charge in [-0.3, -0.25) is 0 Å². The SMILES string of the molecule is OC1(CN2CNc3ccc(Oc4ccc(F)cc4Cl)cc32)COC1. The molecule has 126 valence electrons. The molecule has 0 saturated carbocycles. The van der Waals surface area contributed by atoms with Crippen molar-refractivity contribution in [2.75, 3.05) is 36.6 Å². The third-order valence-electron chi connectivity index (χ3n) is 4.12. The molecule has 0 spiro atoms. The van der Waals surface area contributed by atoms with E-state index in [1.807, 2.05) is 23.1 Å². The van der Waals surface area contributed by atoms with Crippen molar-refractivity contribution >= 4 is 23.0 Å². The molecular formula is C17H16ClFN2O3. The highest BCUT2D eigenvalue weighted by molar-refractivity contribution is 6.32. The summed E-state index contributed by atoms with van der Waals surface area (Å²) in [6.45, 7) is 1.78. The molecule has 0 radical (unpaired) electrons. The summed E-state index contributed by atoms with van der Waals surface area (Å²) in [5.74, 6) is 0.571. The molecule has 2 heterocycles. The van der Waals surface area contributed by atoms with Crippen LogP contribution in [-0.4, -0.2) is 37.1 Å². The number of β-amino-alcohol motifs (C(OH)–C–C–N with tert-alkyl or cyclic N) is 1. The molecule has 0 atom stereocenters. The molecule has 1 saturated heterocycles. The molecule has 0 unspecified atom stereocenters. The van der Waals surface area contributed by atoms with Gasteiger partial charge in [-0.15, -0.1) is 0 Å². The first-order valence-electron chi connectivity index (χ1n) is 7.58. The molecule has 24 heavy (non-hydrogen) atoms. The summed E-state index contributed by atoms with van der Waals surface area (Å²) in [5, 5.41) is 13.8. The lowest BCUT2D eigenvalue weighted by Gasteiger charge is -2.39. The molecule has 2 N–H and O–H groups in total. The standard InChI is InChI=1S/C17H16ClFN2O3/c18-13-5-11(19)1-4-16(13)24-12-2-3-14-15(6-12)21(10-20-14)7-17(22)8-23-9-17/h1-6,20,22H,7-10H2. The molecule has 5 nitrogen and oxygen atoms in total. The highest BCUT2D eigenvalue weighted by Gasteiger charge is 2.39. The van der Waals surface area contributed by atoms with Crippen molar-refractivity contribution in [2.45, 2.75) is 5.60 Å². The zero-order chi connectivity index (χ0) is 16.7. The predicted octanol–water partition coefficient (Wildman–Crippen LogP) is 3.22. The third-order valence-corrected chi connectivity index (χ3v) is 4.41. The van der Waals surface area contributed by atoms with E-state index in [0.717, 1.165) is 11.4 Å². The number of ether oxygens (including phenoxy) is 2. The minimum absolute atomic E-state index is 0.214. The fraction of sp³-hybridized carbons (Fsp3) is 0.294. The van der Waals surface area contributed by atoms with E-state index >= 15 is 0 Å². The minimum Gasteiger partial charge on any atom is -0.456 e. The Morgan fingerprint density at radius 2 is 2.12 bits per heavy atom. The number of hydrogen-bond acceptors (Lipinski definition) is 5. The van der Waals surface area contributed by atoms with Gasteiger partial charge in [0.2, 0.25) is 0 Å². The van der Waals surface area contributed by atoms with Crippen molar-refractivity contribution in [3.8, 4) is 11.5 Å². The summed E-state index contributed by atoms with van der Waals surface area (Å²) in [7, 11) is 0. The molecule has 7 heteroatoms. The maximum absolute atomic E-state index is 13.1. The number of hydrogen-bond donors (Lipinski definition) is 2. The monoisotopic (exact) mass is 350 g/mol. The number of nitrogens with zero attached hydrogens (tertiary/aromatic N) is 1. The van der Waals surface area contributed by atoms with Gasteiger partial charge >= 0.3 is 0 Å². The van der Waals surface area contributed by atoms with E-state index in [4.69, 9.17) is 21.1 Å². The molecule has 4 rings (SSSR count). The van der Waals surface area contributed by atoms with Crippen LogP contribution in [0.4, 0.5) is 15.8 Å². The number of rotatable bonds is 4. The third kappa shape index (κ3) is 2.88. The van der Waals surface area contributed by atoms with Crippen LogP contribution in [-0.2, 0) is 4.74 Å². The molecule has 2 aromatic rings. The lowest BCUT2D eigenvalue weighted by Crippen LogP contribution is -2.57. The Labute approximate surface area is 143 Å². The van der Waals surface area contributed by atoms with Crippen LogP contribution in [0, 0.1) is 5.82 Å². The molecule has 0 amide bonds. The Morgan fingerprint density at radius 3 is 2.83 bits per heavy atom. The number of fused-ring (bicyclic) bond motifs is 1. The van der Waals surface area contributed by atoms with Gasteiger partial charge < -0.3 is 24.8 Å². The number of aliphatic hydroxyl groups is 1. The second-order valence-electron chi connectivity index (χ2n) is 6.11. The summed E-state index contributed by atoms with van der Waals surface area (Å²) >= 11 is 6.00. The van der Waals surface area contributed by atoms with Crippen LogP contribution < -0.4 is 15.0 Å². The molecule has 2 aromatic carbocycles. The van der Waals surface area contributed by atoms with Crippen LogP contribution in [0.25, 0.3) is 0 Å². The fourth-order valence-corrected chi connectivity index (χ4v) is 3.07. The van der Waals surface area contributed by atoms with Gasteiger partial charge in [-0.05, 0) is 30.3 Å². The van der Waals surface area contributed by atoms with Crippen LogP contribution in [0.2, 0.25) is 5.02 Å². The maximum Gasteiger partial charge on any atom is 0.146 e. The molecule has 0 aromatic heterocycles. The van der Waals surface area contributed by atoms with Crippen LogP contribution in [0.3, 0.4) is 0 Å². The summed E-state index contributed by atoms with van der Waals surface area (Å²) in [6.07, 6.45) is 0. The topological polar surface area (TPSA) is 54.0 Å². The Hall–Kier alpha value is -2.02. The van der Waals surface area contributed by atoms with Gasteiger partial charge in [-0.1, -0.05) is 11.6 Å². The summed E-state index contributed by atoms with van der Waals surface area (Å²) in [5.41, 5.74) is 1.10. The van der Waals surface area contributed by atoms with E-state index < -0.39 is 11.4 Å². The van der Waals surface area contributed by atoms with Crippen LogP contribution in [0.15, 0.2) is 36.4 Å². The maximum atomic E-state index is 13.1. The second kappa shape index (κ2) is 5.81. The van der Waals surface area contributed by atoms with Crippen molar-refractivity contribution in [2.24, 2.45) is 0 Å². The average molecular weight is 351 g/mol. The first-order chi connectivity index (χ1) is 11.5. The van der Waals surface area contributed by atoms with E-state index in [-0.39, 0.29) is 5.02 Å². The van der Waals surface area contributed by atoms with E-state index in [1.165, 1.54) is 18.2 Å². The highest BCUT2D eigenvalue weighted by Crippen LogP contribution is 2.38. The van der Waals surface area contributed by atoms with E-state index in [2.05, 4.69) is 5.32 Å². The molecule has 2 aliphatic heterocycles. The molecular weight excluding hydrogens is 335 g/mol. The van der Waals surface area contributed by atoms with Gasteiger partial charge in [0.15, 0.2) is 0 Å². The second-order valence-corrected chi connectivity index (χ2v) is 6.51. The number of nitrogens with one attached hydrogen (secondary N) is 1. The summed E-state index contributed by atoms with van der Waals surface area (Å²) < 4.78 is 24.0. The minimum atomic E-state index is -0.805. The Morgan fingerprint density at radius 1 is 1.29 bits per heavy atom. The lowest BCUT2D eigenvalue weighted by atomic mass is 10.0. The predicted molar refractivity (Wildman–Crippen MR) is 89.5 cm³/mol. The highest BCUT2D eigenvalue weighted by atomic mass is 35.5. The Kier molecular flexibility index (Phi) is 3.75. The zero-order valence-electron chi connectivity index (χ0n) is 12.8. The smallest absolute Gasteiger partial charge is 0.146 e. The first kappa shape index (κ1) is 15.5. The number of halogens is 2. The quantitative estimate of drug-likeness (QED) is 0.886. The van der Waals surface area contributed by atoms with Crippen LogP contribution >= 0.6 is 11.6 Å². The summed E-state index contributed by atoms with van der Waals surface area (Å²) in [6, 6.07) is 9.60. The average Bonchev–Trinajstić information content (AvgIpc) is 2.91. The molecule has 0 aliphatic carbocycles. The van der Waals surface area contributed by atoms with Crippen molar-refractivity contribution in [1.82, 2.24) is 0 Å². The molecule has 2 aliphatic rings. The number of anilines is 2. The van der Waals surface area contributed by atoms with Gasteiger partial charge in [-0.25, -0.2) is 4.39 Å². The zero-order valence-corrected chi connectivity index (χ0v) is 13.5. The van der Waals surface area contributed by atoms with Crippen LogP contribution in [0.5, 0.6) is 11.5 Å². The van der Waals surface area contributed by atoms with E-state index in [1.54, 1.807) is 0 Å². The summed E-state index contributed by atoms with van der Waals surface area (Å²) in [4.78, 5) is 2.04. The largest absolute Gasteiger partial charge is 0.456 e. The fourth-order valence-electron chi connectivity index (χ4n) is 2.86. The van der Waals surface area contributed by atoms with Gasteiger partial charge in [0.1, 0.15) is 22.9 Å². The Balaban J connectivity index is 1.56. The van der Waals surface area contributed by atoms with Crippen molar-refractivity contribution in [3.63, 3.8) is 0 Å². The van der Waals surface area contributed by atoms with Gasteiger partial charge in [-0.2, -0.15) is 0 Å². The van der Waals surface area contributed by atoms with Gasteiger partial charge in [0.25, 0.3) is 0 Å². The number of benzene rings is 2. The lowest BCUT2D eigenvalue weighted by molar-refractivity contribution is -0.171. The van der Waals surface area contributed by atoms with E-state index in [0.29, 0.717) is 37.9 Å². The van der Waals surface area contributed by atoms with E-state index in [9.17, 15) is 9.50 Å². The molecule has 0 bridgehead atoms.